The molecule has 19 heavy (non-hydrogen) atoms. The number of nitrogens with one attached hydrogen (secondary N) is 1. The van der Waals surface area contributed by atoms with Gasteiger partial charge in [-0.1, -0.05) is 5.16 Å². The lowest BCUT2D eigenvalue weighted by atomic mass is 10.1. The van der Waals surface area contributed by atoms with Crippen molar-refractivity contribution in [3.05, 3.63) is 29.9 Å². The molecule has 1 unspecified atom stereocenters. The highest BCUT2D eigenvalue weighted by Gasteiger charge is 2.23. The molecule has 1 aliphatic heterocycles. The molecule has 1 fully saturated rings. The summed E-state index contributed by atoms with van der Waals surface area (Å²) in [4.78, 5) is 4.37. The van der Waals surface area contributed by atoms with Gasteiger partial charge in [0, 0.05) is 12.1 Å². The van der Waals surface area contributed by atoms with Crippen molar-refractivity contribution < 1.29 is 13.7 Å². The summed E-state index contributed by atoms with van der Waals surface area (Å²) in [5.41, 5.74) is 0.680. The van der Waals surface area contributed by atoms with Gasteiger partial charge in [0.25, 0.3) is 0 Å². The predicted octanol–water partition coefficient (Wildman–Crippen LogP) is 1.96. The number of nitrogens with zero attached hydrogens (tertiary/aromatic N) is 2. The number of ether oxygens (including phenoxy) is 1. The lowest BCUT2D eigenvalue weighted by molar-refractivity contribution is 0.359. The Morgan fingerprint density at radius 3 is 3.11 bits per heavy atom. The summed E-state index contributed by atoms with van der Waals surface area (Å²) in [5, 5.41) is 7.19. The Morgan fingerprint density at radius 2 is 2.37 bits per heavy atom. The van der Waals surface area contributed by atoms with Crippen LogP contribution < -0.4 is 10.1 Å². The largest absolute Gasteiger partial charge is 0.494 e. The van der Waals surface area contributed by atoms with Crippen molar-refractivity contribution in [2.24, 2.45) is 0 Å². The second kappa shape index (κ2) is 4.97. The van der Waals surface area contributed by atoms with Gasteiger partial charge in [0.2, 0.25) is 11.7 Å². The highest BCUT2D eigenvalue weighted by atomic mass is 19.1. The molecule has 1 N–H and O–H groups in total. The Labute approximate surface area is 109 Å². The first kappa shape index (κ1) is 12.1. The molecule has 0 saturated carbocycles. The maximum Gasteiger partial charge on any atom is 0.231 e. The van der Waals surface area contributed by atoms with Crippen LogP contribution in [0.5, 0.6) is 5.75 Å². The van der Waals surface area contributed by atoms with Crippen molar-refractivity contribution in [3.63, 3.8) is 0 Å². The Kier molecular flexibility index (Phi) is 3.16. The van der Waals surface area contributed by atoms with E-state index in [1.54, 1.807) is 12.1 Å². The normalized spacial score (nSPS) is 18.7. The summed E-state index contributed by atoms with van der Waals surface area (Å²) < 4.78 is 23.6. The molecule has 0 spiro atoms. The van der Waals surface area contributed by atoms with Crippen molar-refractivity contribution in [3.8, 4) is 17.1 Å². The van der Waals surface area contributed by atoms with E-state index in [2.05, 4.69) is 15.5 Å². The molecule has 1 aromatic heterocycles. The SMILES string of the molecule is COc1cc(-c2noc(C3CCNC3)n2)ccc1F. The van der Waals surface area contributed by atoms with Gasteiger partial charge in [-0.05, 0) is 31.2 Å². The van der Waals surface area contributed by atoms with Crippen molar-refractivity contribution in [2.45, 2.75) is 12.3 Å². The quantitative estimate of drug-likeness (QED) is 0.917. The van der Waals surface area contributed by atoms with Crippen LogP contribution in [0.25, 0.3) is 11.4 Å². The lowest BCUT2D eigenvalue weighted by Gasteiger charge is -2.02. The van der Waals surface area contributed by atoms with Gasteiger partial charge >= 0.3 is 0 Å². The predicted molar refractivity (Wildman–Crippen MR) is 66.5 cm³/mol. The van der Waals surface area contributed by atoms with E-state index in [0.29, 0.717) is 17.3 Å². The van der Waals surface area contributed by atoms with Crippen molar-refractivity contribution in [1.82, 2.24) is 15.5 Å². The van der Waals surface area contributed by atoms with Crippen molar-refractivity contribution >= 4 is 0 Å². The van der Waals surface area contributed by atoms with Crippen LogP contribution in [-0.2, 0) is 0 Å². The molecule has 100 valence electrons. The molecular formula is C13H14FN3O2. The van der Waals surface area contributed by atoms with Crippen molar-refractivity contribution in [2.75, 3.05) is 20.2 Å². The summed E-state index contributed by atoms with van der Waals surface area (Å²) in [6.45, 7) is 1.82. The smallest absolute Gasteiger partial charge is 0.231 e. The molecular weight excluding hydrogens is 249 g/mol. The van der Waals surface area contributed by atoms with Crippen LogP contribution in [0.3, 0.4) is 0 Å². The fraction of sp³-hybridized carbons (Fsp3) is 0.385. The van der Waals surface area contributed by atoms with E-state index in [9.17, 15) is 4.39 Å². The Hall–Kier alpha value is -1.95. The number of hydrogen-bond donors (Lipinski definition) is 1. The average Bonchev–Trinajstić information content (AvgIpc) is 3.10. The van der Waals surface area contributed by atoms with E-state index in [1.807, 2.05) is 0 Å². The van der Waals surface area contributed by atoms with Gasteiger partial charge in [-0.3, -0.25) is 0 Å². The summed E-state index contributed by atoms with van der Waals surface area (Å²) in [6.07, 6.45) is 0.994. The molecule has 0 amide bonds. The maximum atomic E-state index is 13.3. The van der Waals surface area contributed by atoms with E-state index >= 15 is 0 Å². The summed E-state index contributed by atoms with van der Waals surface area (Å²) >= 11 is 0. The molecule has 2 aromatic rings. The summed E-state index contributed by atoms with van der Waals surface area (Å²) in [5.74, 6) is 1.12. The Morgan fingerprint density at radius 1 is 1.47 bits per heavy atom. The molecule has 1 atom stereocenters. The van der Waals surface area contributed by atoms with Gasteiger partial charge in [-0.25, -0.2) is 4.39 Å². The molecule has 0 radical (unpaired) electrons. The molecule has 2 heterocycles. The molecule has 1 saturated heterocycles. The molecule has 1 aromatic carbocycles. The first-order valence-corrected chi connectivity index (χ1v) is 6.16. The van der Waals surface area contributed by atoms with Crippen LogP contribution in [0, 0.1) is 5.82 Å². The third kappa shape index (κ3) is 2.31. The molecule has 0 aliphatic carbocycles. The van der Waals surface area contributed by atoms with Crippen LogP contribution in [0.2, 0.25) is 0 Å². The lowest BCUT2D eigenvalue weighted by Crippen LogP contribution is -2.08. The minimum Gasteiger partial charge on any atom is -0.494 e. The fourth-order valence-corrected chi connectivity index (χ4v) is 2.18. The standard InChI is InChI=1S/C13H14FN3O2/c1-18-11-6-8(2-3-10(11)14)12-16-13(19-17-12)9-4-5-15-7-9/h2-3,6,9,15H,4-5,7H2,1H3. The third-order valence-corrected chi connectivity index (χ3v) is 3.26. The van der Waals surface area contributed by atoms with Crippen LogP contribution in [0.4, 0.5) is 4.39 Å². The Bertz CT molecular complexity index is 579. The van der Waals surface area contributed by atoms with E-state index in [4.69, 9.17) is 9.26 Å². The van der Waals surface area contributed by atoms with Gasteiger partial charge in [0.05, 0.1) is 13.0 Å². The zero-order valence-electron chi connectivity index (χ0n) is 10.5. The average molecular weight is 263 g/mol. The van der Waals surface area contributed by atoms with Crippen LogP contribution in [-0.4, -0.2) is 30.3 Å². The van der Waals surface area contributed by atoms with Gasteiger partial charge in [-0.15, -0.1) is 0 Å². The highest BCUT2D eigenvalue weighted by molar-refractivity contribution is 5.57. The minimum atomic E-state index is -0.407. The van der Waals surface area contributed by atoms with Gasteiger partial charge in [0.15, 0.2) is 11.6 Å². The topological polar surface area (TPSA) is 60.2 Å². The summed E-state index contributed by atoms with van der Waals surface area (Å²) in [6, 6.07) is 4.51. The maximum absolute atomic E-state index is 13.3. The van der Waals surface area contributed by atoms with E-state index in [-0.39, 0.29) is 11.7 Å². The monoisotopic (exact) mass is 263 g/mol. The minimum absolute atomic E-state index is 0.173. The van der Waals surface area contributed by atoms with Crippen molar-refractivity contribution in [1.29, 1.82) is 0 Å². The zero-order valence-corrected chi connectivity index (χ0v) is 10.5. The first-order chi connectivity index (χ1) is 9.28. The van der Waals surface area contributed by atoms with Gasteiger partial charge in [0.1, 0.15) is 0 Å². The molecule has 0 bridgehead atoms. The number of hydrogen-bond acceptors (Lipinski definition) is 5. The molecule has 1 aliphatic rings. The van der Waals surface area contributed by atoms with Crippen LogP contribution in [0.15, 0.2) is 22.7 Å². The van der Waals surface area contributed by atoms with E-state index in [0.717, 1.165) is 19.5 Å². The summed E-state index contributed by atoms with van der Waals surface area (Å²) in [7, 11) is 1.42. The highest BCUT2D eigenvalue weighted by Crippen LogP contribution is 2.27. The first-order valence-electron chi connectivity index (χ1n) is 6.16. The molecule has 5 nitrogen and oxygen atoms in total. The molecule has 3 rings (SSSR count). The van der Waals surface area contributed by atoms with E-state index in [1.165, 1.54) is 13.2 Å². The molecule has 6 heteroatoms. The second-order valence-corrected chi connectivity index (χ2v) is 4.50. The Balaban J connectivity index is 1.89. The number of methoxy groups -OCH3 is 1. The number of benzene rings is 1. The van der Waals surface area contributed by atoms with Gasteiger partial charge < -0.3 is 14.6 Å². The number of rotatable bonds is 3. The van der Waals surface area contributed by atoms with E-state index < -0.39 is 5.82 Å². The van der Waals surface area contributed by atoms with Gasteiger partial charge in [-0.2, -0.15) is 4.98 Å². The van der Waals surface area contributed by atoms with Crippen LogP contribution in [0.1, 0.15) is 18.2 Å². The zero-order chi connectivity index (χ0) is 13.2. The second-order valence-electron chi connectivity index (χ2n) is 4.50. The number of aromatic nitrogens is 2. The number of halogens is 1. The third-order valence-electron chi connectivity index (χ3n) is 3.26. The fourth-order valence-electron chi connectivity index (χ4n) is 2.18. The van der Waals surface area contributed by atoms with Crippen LogP contribution >= 0.6 is 0 Å².